The van der Waals surface area contributed by atoms with Gasteiger partial charge in [-0.3, -0.25) is 18.6 Å². The highest BCUT2D eigenvalue weighted by atomic mass is 31.2. The number of carbonyl (C=O) groups is 2. The zero-order valence-corrected chi connectivity index (χ0v) is 38.0. The first-order valence-electron chi connectivity index (χ1n) is 22.5. The number of ether oxygens (including phenoxy) is 2. The zero-order valence-electron chi connectivity index (χ0n) is 37.1. The molecule has 0 saturated heterocycles. The average molecular weight is 823 g/mol. The van der Waals surface area contributed by atoms with E-state index in [1.165, 1.54) is 64.2 Å². The first-order chi connectivity index (χ1) is 27.5. The number of esters is 2. The van der Waals surface area contributed by atoms with Crippen LogP contribution in [0.3, 0.4) is 0 Å². The monoisotopic (exact) mass is 823 g/mol. The summed E-state index contributed by atoms with van der Waals surface area (Å²) in [4.78, 5) is 35.2. The quantitative estimate of drug-likeness (QED) is 0.0214. The summed E-state index contributed by atoms with van der Waals surface area (Å²) >= 11 is 0. The van der Waals surface area contributed by atoms with Gasteiger partial charge in [-0.05, 0) is 57.8 Å². The van der Waals surface area contributed by atoms with Crippen LogP contribution in [0.2, 0.25) is 0 Å². The molecule has 9 nitrogen and oxygen atoms in total. The summed E-state index contributed by atoms with van der Waals surface area (Å²) in [6.07, 6.45) is 47.1. The second-order valence-corrected chi connectivity index (χ2v) is 17.5. The predicted octanol–water partition coefficient (Wildman–Crippen LogP) is 12.9. The van der Waals surface area contributed by atoms with Crippen molar-refractivity contribution in [3.05, 3.63) is 60.8 Å². The highest BCUT2D eigenvalue weighted by Gasteiger charge is 2.27. The fourth-order valence-electron chi connectivity index (χ4n) is 5.80. The van der Waals surface area contributed by atoms with Crippen LogP contribution in [0.5, 0.6) is 0 Å². The third-order valence-electron chi connectivity index (χ3n) is 9.31. The Bertz CT molecular complexity index is 1160. The van der Waals surface area contributed by atoms with E-state index < -0.39 is 26.5 Å². The summed E-state index contributed by atoms with van der Waals surface area (Å²) in [7, 11) is 1.47. The summed E-state index contributed by atoms with van der Waals surface area (Å²) in [5.41, 5.74) is 0. The molecule has 0 heterocycles. The van der Waals surface area contributed by atoms with Gasteiger partial charge in [0.15, 0.2) is 6.10 Å². The number of phosphoric acid groups is 1. The molecule has 2 atom stereocenters. The van der Waals surface area contributed by atoms with Gasteiger partial charge in [0.2, 0.25) is 0 Å². The van der Waals surface area contributed by atoms with E-state index in [1.807, 2.05) is 21.1 Å². The van der Waals surface area contributed by atoms with Crippen LogP contribution in [-0.2, 0) is 32.7 Å². The standard InChI is InChI=1S/C47H84NO8P/c1-6-8-10-12-14-16-17-18-19-20-21-22-23-24-25-26-27-28-29-30-31-32-34-36-38-40-47(50)56-45(44-55-57(51,52)54-42-41-48(3,4)5)43-53-46(49)39-37-35-33-15-13-11-9-7-2/h8,10,14,16,18-19,21-22,24-25,45H,6-7,9,11-13,15,17,20,23,26-44H2,1-5H3/p+1/b10-8-,16-14-,19-18-,22-21-,25-24-. The van der Waals surface area contributed by atoms with E-state index in [1.54, 1.807) is 0 Å². The van der Waals surface area contributed by atoms with E-state index in [0.717, 1.165) is 77.0 Å². The van der Waals surface area contributed by atoms with E-state index in [4.69, 9.17) is 18.5 Å². The summed E-state index contributed by atoms with van der Waals surface area (Å²) in [5, 5.41) is 0. The second-order valence-electron chi connectivity index (χ2n) is 16.1. The summed E-state index contributed by atoms with van der Waals surface area (Å²) in [6.45, 7) is 4.26. The van der Waals surface area contributed by atoms with Crippen molar-refractivity contribution in [1.82, 2.24) is 0 Å². The number of allylic oxidation sites excluding steroid dienone is 10. The van der Waals surface area contributed by atoms with Gasteiger partial charge in [-0.25, -0.2) is 4.57 Å². The van der Waals surface area contributed by atoms with Crippen molar-refractivity contribution in [2.24, 2.45) is 0 Å². The number of phosphoric ester groups is 1. The zero-order chi connectivity index (χ0) is 42.1. The Morgan fingerprint density at radius 3 is 1.49 bits per heavy atom. The number of hydrogen-bond acceptors (Lipinski definition) is 7. The van der Waals surface area contributed by atoms with Crippen molar-refractivity contribution >= 4 is 19.8 Å². The highest BCUT2D eigenvalue weighted by Crippen LogP contribution is 2.43. The number of quaternary nitrogens is 1. The number of nitrogens with zero attached hydrogens (tertiary/aromatic N) is 1. The van der Waals surface area contributed by atoms with E-state index in [9.17, 15) is 19.0 Å². The number of rotatable bonds is 40. The van der Waals surface area contributed by atoms with Gasteiger partial charge >= 0.3 is 19.8 Å². The topological polar surface area (TPSA) is 108 Å². The number of carbonyl (C=O) groups excluding carboxylic acids is 2. The summed E-state index contributed by atoms with van der Waals surface area (Å²) in [6, 6.07) is 0. The lowest BCUT2D eigenvalue weighted by Gasteiger charge is -2.24. The number of hydrogen-bond donors (Lipinski definition) is 1. The van der Waals surface area contributed by atoms with Gasteiger partial charge in [0.25, 0.3) is 0 Å². The number of likely N-dealkylation sites (N-methyl/N-ethyl adjacent to an activating group) is 1. The lowest BCUT2D eigenvalue weighted by Crippen LogP contribution is -2.37. The maximum absolute atomic E-state index is 12.7. The van der Waals surface area contributed by atoms with Crippen LogP contribution in [-0.4, -0.2) is 74.9 Å². The van der Waals surface area contributed by atoms with Gasteiger partial charge in [0.1, 0.15) is 19.8 Å². The Balaban J connectivity index is 4.21. The lowest BCUT2D eigenvalue weighted by molar-refractivity contribution is -0.870. The fourth-order valence-corrected chi connectivity index (χ4v) is 6.55. The molecule has 0 saturated carbocycles. The molecule has 0 aliphatic heterocycles. The van der Waals surface area contributed by atoms with E-state index in [2.05, 4.69) is 74.6 Å². The Morgan fingerprint density at radius 1 is 0.561 bits per heavy atom. The number of unbranched alkanes of at least 4 members (excludes halogenated alkanes) is 16. The van der Waals surface area contributed by atoms with Gasteiger partial charge < -0.3 is 18.9 Å². The summed E-state index contributed by atoms with van der Waals surface area (Å²) in [5.74, 6) is -0.812. The molecule has 0 amide bonds. The molecule has 0 rings (SSSR count). The largest absolute Gasteiger partial charge is 0.472 e. The van der Waals surface area contributed by atoms with E-state index >= 15 is 0 Å². The van der Waals surface area contributed by atoms with Crippen molar-refractivity contribution in [2.45, 2.75) is 180 Å². The second kappa shape index (κ2) is 39.2. The SMILES string of the molecule is CC/C=C\C/C=C\C/C=C\C/C=C\C/C=C\CCCCCCCCCCCC(=O)OC(COC(=O)CCCCCCCCCC)COP(=O)(O)OCC[N+](C)(C)C. The molecule has 330 valence electrons. The van der Waals surface area contributed by atoms with Crippen LogP contribution in [0.25, 0.3) is 0 Å². The molecule has 0 spiro atoms. The average Bonchev–Trinajstić information content (AvgIpc) is 3.16. The van der Waals surface area contributed by atoms with E-state index in [-0.39, 0.29) is 32.0 Å². The van der Waals surface area contributed by atoms with Crippen LogP contribution in [0.4, 0.5) is 0 Å². The molecule has 0 aromatic carbocycles. The first-order valence-corrected chi connectivity index (χ1v) is 24.0. The van der Waals surface area contributed by atoms with Crippen molar-refractivity contribution in [3.63, 3.8) is 0 Å². The molecule has 2 unspecified atom stereocenters. The first kappa shape index (κ1) is 54.7. The van der Waals surface area contributed by atoms with Crippen LogP contribution >= 0.6 is 7.82 Å². The van der Waals surface area contributed by atoms with Gasteiger partial charge in [0, 0.05) is 12.8 Å². The molecule has 0 aliphatic rings. The van der Waals surface area contributed by atoms with Gasteiger partial charge in [-0.2, -0.15) is 0 Å². The predicted molar refractivity (Wildman–Crippen MR) is 238 cm³/mol. The fraction of sp³-hybridized carbons (Fsp3) is 0.745. The van der Waals surface area contributed by atoms with Crippen molar-refractivity contribution < 1.29 is 42.1 Å². The molecular formula is C47H85NO8P+. The van der Waals surface area contributed by atoms with Gasteiger partial charge in [-0.15, -0.1) is 0 Å². The molecule has 0 aromatic rings. The molecule has 0 radical (unpaired) electrons. The van der Waals surface area contributed by atoms with Gasteiger partial charge in [0.05, 0.1) is 27.7 Å². The Morgan fingerprint density at radius 2 is 1.00 bits per heavy atom. The normalized spacial score (nSPS) is 14.1. The Kier molecular flexibility index (Phi) is 37.6. The Hall–Kier alpha value is -2.29. The Labute approximate surface area is 349 Å². The molecule has 0 aliphatic carbocycles. The van der Waals surface area contributed by atoms with Crippen molar-refractivity contribution in [1.29, 1.82) is 0 Å². The molecular weight excluding hydrogens is 737 g/mol. The third kappa shape index (κ3) is 43.1. The van der Waals surface area contributed by atoms with Crippen molar-refractivity contribution in [3.8, 4) is 0 Å². The van der Waals surface area contributed by atoms with Crippen LogP contribution in [0.1, 0.15) is 174 Å². The minimum Gasteiger partial charge on any atom is -0.462 e. The maximum Gasteiger partial charge on any atom is 0.472 e. The third-order valence-corrected chi connectivity index (χ3v) is 10.3. The minimum atomic E-state index is -4.37. The van der Waals surface area contributed by atoms with Gasteiger partial charge in [-0.1, -0.05) is 164 Å². The molecule has 10 heteroatoms. The van der Waals surface area contributed by atoms with Crippen LogP contribution in [0, 0.1) is 0 Å². The lowest BCUT2D eigenvalue weighted by atomic mass is 10.1. The molecule has 57 heavy (non-hydrogen) atoms. The van der Waals surface area contributed by atoms with E-state index in [0.29, 0.717) is 17.4 Å². The minimum absolute atomic E-state index is 0.0289. The molecule has 0 fully saturated rings. The molecule has 0 bridgehead atoms. The summed E-state index contributed by atoms with van der Waals surface area (Å²) < 4.78 is 34.2. The van der Waals surface area contributed by atoms with Crippen LogP contribution < -0.4 is 0 Å². The van der Waals surface area contributed by atoms with Crippen molar-refractivity contribution in [2.75, 3.05) is 47.5 Å². The van der Waals surface area contributed by atoms with Crippen LogP contribution in [0.15, 0.2) is 60.8 Å². The maximum atomic E-state index is 12.7. The molecule has 0 aromatic heterocycles. The molecule has 1 N–H and O–H groups in total. The highest BCUT2D eigenvalue weighted by molar-refractivity contribution is 7.47. The smallest absolute Gasteiger partial charge is 0.462 e.